The molecule has 0 radical (unpaired) electrons. The lowest BCUT2D eigenvalue weighted by molar-refractivity contribution is -0.131. The fourth-order valence-corrected chi connectivity index (χ4v) is 2.32. The van der Waals surface area contributed by atoms with Crippen LogP contribution in [0, 0.1) is 0 Å². The molecular formula is C12H19N3O4. The Hall–Kier alpha value is -1.63. The number of carbonyl (C=O) groups excluding carboxylic acids is 3. The van der Waals surface area contributed by atoms with Gasteiger partial charge >= 0.3 is 6.03 Å². The normalized spacial score (nSPS) is 26.2. The van der Waals surface area contributed by atoms with E-state index in [0.717, 1.165) is 19.4 Å². The molecule has 0 aromatic heterocycles. The van der Waals surface area contributed by atoms with Gasteiger partial charge in [0, 0.05) is 26.6 Å². The monoisotopic (exact) mass is 269 g/mol. The van der Waals surface area contributed by atoms with Crippen molar-refractivity contribution in [2.45, 2.75) is 37.8 Å². The summed E-state index contributed by atoms with van der Waals surface area (Å²) in [6, 6.07) is -1.08. The van der Waals surface area contributed by atoms with Crippen molar-refractivity contribution in [1.82, 2.24) is 15.5 Å². The van der Waals surface area contributed by atoms with Crippen LogP contribution in [0.1, 0.15) is 25.7 Å². The van der Waals surface area contributed by atoms with Crippen molar-refractivity contribution in [2.24, 2.45) is 0 Å². The van der Waals surface area contributed by atoms with Gasteiger partial charge < -0.3 is 15.0 Å². The van der Waals surface area contributed by atoms with E-state index in [1.165, 1.54) is 0 Å². The molecule has 7 heteroatoms. The zero-order valence-electron chi connectivity index (χ0n) is 11.0. The van der Waals surface area contributed by atoms with Crippen LogP contribution in [0.4, 0.5) is 4.79 Å². The molecule has 0 aliphatic carbocycles. The number of ether oxygens (including phenoxy) is 1. The lowest BCUT2D eigenvalue weighted by Crippen LogP contribution is -2.36. The van der Waals surface area contributed by atoms with E-state index in [0.29, 0.717) is 13.0 Å². The zero-order chi connectivity index (χ0) is 13.8. The predicted octanol–water partition coefficient (Wildman–Crippen LogP) is -0.388. The number of hydrogen-bond donors (Lipinski definition) is 2. The summed E-state index contributed by atoms with van der Waals surface area (Å²) in [7, 11) is 1.73. The summed E-state index contributed by atoms with van der Waals surface area (Å²) in [5, 5.41) is 4.62. The highest BCUT2D eigenvalue weighted by Crippen LogP contribution is 2.13. The Morgan fingerprint density at radius 1 is 1.47 bits per heavy atom. The van der Waals surface area contributed by atoms with Crippen LogP contribution in [-0.4, -0.2) is 55.1 Å². The van der Waals surface area contributed by atoms with Crippen molar-refractivity contribution in [2.75, 3.05) is 20.2 Å². The van der Waals surface area contributed by atoms with E-state index in [9.17, 15) is 14.4 Å². The minimum Gasteiger partial charge on any atom is -0.376 e. The van der Waals surface area contributed by atoms with Crippen LogP contribution >= 0.6 is 0 Å². The molecule has 0 aromatic rings. The first-order chi connectivity index (χ1) is 9.06. The number of nitrogens with zero attached hydrogens (tertiary/aromatic N) is 1. The highest BCUT2D eigenvalue weighted by molar-refractivity contribution is 6.04. The van der Waals surface area contributed by atoms with E-state index < -0.39 is 12.1 Å². The third kappa shape index (κ3) is 3.66. The summed E-state index contributed by atoms with van der Waals surface area (Å²) >= 11 is 0. The van der Waals surface area contributed by atoms with Gasteiger partial charge in [0.1, 0.15) is 6.04 Å². The molecule has 7 nitrogen and oxygen atoms in total. The van der Waals surface area contributed by atoms with Gasteiger partial charge in [-0.1, -0.05) is 0 Å². The number of urea groups is 1. The van der Waals surface area contributed by atoms with E-state index in [2.05, 4.69) is 10.6 Å². The number of amides is 4. The minimum absolute atomic E-state index is 0.0375. The van der Waals surface area contributed by atoms with Gasteiger partial charge in [0.15, 0.2) is 0 Å². The molecular weight excluding hydrogens is 250 g/mol. The Kier molecular flexibility index (Phi) is 4.36. The second-order valence-corrected chi connectivity index (χ2v) is 4.96. The third-order valence-electron chi connectivity index (χ3n) is 3.43. The molecule has 2 saturated heterocycles. The Morgan fingerprint density at radius 2 is 2.26 bits per heavy atom. The first-order valence-corrected chi connectivity index (χ1v) is 6.53. The van der Waals surface area contributed by atoms with E-state index in [1.54, 1.807) is 11.9 Å². The molecule has 0 bridgehead atoms. The van der Waals surface area contributed by atoms with Crippen LogP contribution < -0.4 is 10.6 Å². The van der Waals surface area contributed by atoms with E-state index in [-0.39, 0.29) is 24.3 Å². The maximum Gasteiger partial charge on any atom is 0.322 e. The van der Waals surface area contributed by atoms with E-state index in [4.69, 9.17) is 4.74 Å². The van der Waals surface area contributed by atoms with Crippen LogP contribution in [0.3, 0.4) is 0 Å². The number of nitrogens with one attached hydrogen (secondary N) is 2. The fraction of sp³-hybridized carbons (Fsp3) is 0.750. The molecule has 4 amide bonds. The molecule has 0 saturated carbocycles. The number of rotatable bonds is 5. The van der Waals surface area contributed by atoms with Crippen molar-refractivity contribution < 1.29 is 19.1 Å². The molecule has 19 heavy (non-hydrogen) atoms. The highest BCUT2D eigenvalue weighted by atomic mass is 16.5. The van der Waals surface area contributed by atoms with Crippen molar-refractivity contribution >= 4 is 17.8 Å². The quantitative estimate of drug-likeness (QED) is 0.665. The largest absolute Gasteiger partial charge is 0.376 e. The molecule has 2 N–H and O–H groups in total. The summed E-state index contributed by atoms with van der Waals surface area (Å²) in [5.74, 6) is -0.399. The van der Waals surface area contributed by atoms with E-state index in [1.807, 2.05) is 0 Å². The Morgan fingerprint density at radius 3 is 2.84 bits per heavy atom. The molecule has 2 aliphatic rings. The molecule has 0 unspecified atom stereocenters. The fourth-order valence-electron chi connectivity index (χ4n) is 2.32. The highest BCUT2D eigenvalue weighted by Gasteiger charge is 2.30. The SMILES string of the molecule is CN(C[C@@H]1CCCO1)C(=O)CC[C@@H]1NC(=O)NC1=O. The van der Waals surface area contributed by atoms with Gasteiger partial charge in [-0.2, -0.15) is 0 Å². The molecule has 2 atom stereocenters. The minimum atomic E-state index is -0.590. The Bertz CT molecular complexity index is 379. The molecule has 0 aromatic carbocycles. The number of carbonyl (C=O) groups is 3. The van der Waals surface area contributed by atoms with E-state index >= 15 is 0 Å². The number of hydrogen-bond acceptors (Lipinski definition) is 4. The summed E-state index contributed by atoms with van der Waals surface area (Å²) in [5.41, 5.74) is 0. The standard InChI is InChI=1S/C12H19N3O4/c1-15(7-8-3-2-6-19-8)10(16)5-4-9-11(17)14-12(18)13-9/h8-9H,2-7H2,1H3,(H2,13,14,17,18)/t8-,9-/m0/s1. The van der Waals surface area contributed by atoms with Crippen molar-refractivity contribution in [3.8, 4) is 0 Å². The van der Waals surface area contributed by atoms with Gasteiger partial charge in [-0.15, -0.1) is 0 Å². The van der Waals surface area contributed by atoms with Gasteiger partial charge in [-0.3, -0.25) is 14.9 Å². The van der Waals surface area contributed by atoms with Gasteiger partial charge in [-0.05, 0) is 19.3 Å². The van der Waals surface area contributed by atoms with Crippen LogP contribution in [-0.2, 0) is 14.3 Å². The summed E-state index contributed by atoms with van der Waals surface area (Å²) in [6.07, 6.45) is 2.72. The predicted molar refractivity (Wildman–Crippen MR) is 66.3 cm³/mol. The first-order valence-electron chi connectivity index (χ1n) is 6.53. The third-order valence-corrected chi connectivity index (χ3v) is 3.43. The van der Waals surface area contributed by atoms with Crippen LogP contribution in [0.5, 0.6) is 0 Å². The van der Waals surface area contributed by atoms with Gasteiger partial charge in [0.2, 0.25) is 5.91 Å². The molecule has 106 valence electrons. The summed E-state index contributed by atoms with van der Waals surface area (Å²) in [6.45, 7) is 1.35. The molecule has 0 spiro atoms. The second-order valence-electron chi connectivity index (χ2n) is 4.96. The van der Waals surface area contributed by atoms with Crippen LogP contribution in [0.15, 0.2) is 0 Å². The average molecular weight is 269 g/mol. The van der Waals surface area contributed by atoms with Crippen molar-refractivity contribution in [1.29, 1.82) is 0 Å². The molecule has 2 aliphatic heterocycles. The Balaban J connectivity index is 1.71. The maximum absolute atomic E-state index is 11.9. The number of likely N-dealkylation sites (N-methyl/N-ethyl adjacent to an activating group) is 1. The first kappa shape index (κ1) is 13.8. The summed E-state index contributed by atoms with van der Waals surface area (Å²) in [4.78, 5) is 35.8. The van der Waals surface area contributed by atoms with Crippen LogP contribution in [0.25, 0.3) is 0 Å². The zero-order valence-corrected chi connectivity index (χ0v) is 11.0. The van der Waals surface area contributed by atoms with Gasteiger partial charge in [-0.25, -0.2) is 4.79 Å². The molecule has 2 rings (SSSR count). The van der Waals surface area contributed by atoms with Gasteiger partial charge in [0.05, 0.1) is 6.10 Å². The second kappa shape index (κ2) is 6.01. The molecule has 2 fully saturated rings. The lowest BCUT2D eigenvalue weighted by atomic mass is 10.1. The van der Waals surface area contributed by atoms with Crippen molar-refractivity contribution in [3.05, 3.63) is 0 Å². The summed E-state index contributed by atoms with van der Waals surface area (Å²) < 4.78 is 5.47. The lowest BCUT2D eigenvalue weighted by Gasteiger charge is -2.21. The smallest absolute Gasteiger partial charge is 0.322 e. The van der Waals surface area contributed by atoms with Crippen LogP contribution in [0.2, 0.25) is 0 Å². The topological polar surface area (TPSA) is 87.7 Å². The Labute approximate surface area is 111 Å². The maximum atomic E-state index is 11.9. The van der Waals surface area contributed by atoms with Gasteiger partial charge in [0.25, 0.3) is 5.91 Å². The van der Waals surface area contributed by atoms with Crippen molar-refractivity contribution in [3.63, 3.8) is 0 Å². The average Bonchev–Trinajstić information content (AvgIpc) is 2.96. The molecule has 2 heterocycles. The number of imide groups is 1.